The van der Waals surface area contributed by atoms with E-state index in [-0.39, 0.29) is 41.2 Å². The first kappa shape index (κ1) is 24.9. The number of likely N-dealkylation sites (tertiary alicyclic amines) is 1. The molecule has 0 spiro atoms. The highest BCUT2D eigenvalue weighted by Gasteiger charge is 2.42. The van der Waals surface area contributed by atoms with Crippen molar-refractivity contribution in [1.82, 2.24) is 20.4 Å². The molecule has 2 fully saturated rings. The Hall–Kier alpha value is -1.10. The molecule has 0 atom stereocenters. The molecule has 1 saturated carbocycles. The zero-order valence-corrected chi connectivity index (χ0v) is 19.8. The Bertz CT molecular complexity index is 541. The molecule has 1 heterocycles. The lowest BCUT2D eigenvalue weighted by Crippen LogP contribution is -2.50. The number of primary amides is 1. The Morgan fingerprint density at radius 1 is 1.21 bits per heavy atom. The molecule has 8 nitrogen and oxygen atoms in total. The second-order valence-electron chi connectivity index (χ2n) is 8.04. The van der Waals surface area contributed by atoms with Crippen molar-refractivity contribution in [3.05, 3.63) is 0 Å². The molecule has 0 radical (unpaired) electrons. The summed E-state index contributed by atoms with van der Waals surface area (Å²) >= 11 is 0. The van der Waals surface area contributed by atoms with Crippen molar-refractivity contribution in [3.63, 3.8) is 0 Å². The summed E-state index contributed by atoms with van der Waals surface area (Å²) in [5.41, 5.74) is 4.93. The molecule has 2 rings (SSSR count). The van der Waals surface area contributed by atoms with Gasteiger partial charge < -0.3 is 21.3 Å². The first-order valence-corrected chi connectivity index (χ1v) is 10.1. The van der Waals surface area contributed by atoms with Gasteiger partial charge in [0.25, 0.3) is 0 Å². The van der Waals surface area contributed by atoms with E-state index in [4.69, 9.17) is 10.7 Å². The minimum Gasteiger partial charge on any atom is -0.369 e. The molecule has 1 aliphatic carbocycles. The second kappa shape index (κ2) is 11.8. The third-order valence-corrected chi connectivity index (χ3v) is 5.61. The van der Waals surface area contributed by atoms with Gasteiger partial charge >= 0.3 is 0 Å². The molecular weight excluding hydrogens is 471 g/mol. The molecule has 2 amide bonds. The average Bonchev–Trinajstić information content (AvgIpc) is 3.10. The van der Waals surface area contributed by atoms with Crippen LogP contribution in [0.25, 0.3) is 0 Å². The van der Waals surface area contributed by atoms with E-state index >= 15 is 0 Å². The van der Waals surface area contributed by atoms with Crippen molar-refractivity contribution in [2.24, 2.45) is 16.1 Å². The van der Waals surface area contributed by atoms with Crippen LogP contribution in [-0.2, 0) is 9.59 Å². The van der Waals surface area contributed by atoms with Gasteiger partial charge in [-0.1, -0.05) is 12.8 Å². The third-order valence-electron chi connectivity index (χ3n) is 5.61. The lowest BCUT2D eigenvalue weighted by Gasteiger charge is -2.33. The Kier molecular flexibility index (Phi) is 10.5. The zero-order chi connectivity index (χ0) is 19.9. The highest BCUT2D eigenvalue weighted by molar-refractivity contribution is 14.0. The summed E-state index contributed by atoms with van der Waals surface area (Å²) in [5.74, 6) is 0.701. The number of halogens is 1. The van der Waals surface area contributed by atoms with Gasteiger partial charge in [0.05, 0.1) is 18.5 Å². The normalized spacial score (nSPS) is 20.3. The van der Waals surface area contributed by atoms with E-state index < -0.39 is 0 Å². The number of nitrogens with zero attached hydrogens (tertiary/aromatic N) is 3. The summed E-state index contributed by atoms with van der Waals surface area (Å²) in [6.07, 6.45) is 5.91. The van der Waals surface area contributed by atoms with Gasteiger partial charge in [-0.25, -0.2) is 0 Å². The van der Waals surface area contributed by atoms with E-state index in [0.29, 0.717) is 19.1 Å². The smallest absolute Gasteiger partial charge is 0.231 e. The molecule has 2 aliphatic rings. The van der Waals surface area contributed by atoms with Crippen LogP contribution in [0, 0.1) is 5.41 Å². The predicted octanol–water partition coefficient (Wildman–Crippen LogP) is 0.758. The summed E-state index contributed by atoms with van der Waals surface area (Å²) in [4.78, 5) is 32.4. The molecule has 28 heavy (non-hydrogen) atoms. The number of amides is 2. The van der Waals surface area contributed by atoms with E-state index in [1.165, 1.54) is 0 Å². The van der Waals surface area contributed by atoms with Gasteiger partial charge in [-0.2, -0.15) is 0 Å². The van der Waals surface area contributed by atoms with Gasteiger partial charge in [-0.15, -0.1) is 24.0 Å². The molecule has 0 bridgehead atoms. The maximum Gasteiger partial charge on any atom is 0.231 e. The molecule has 9 heteroatoms. The topological polar surface area (TPSA) is 103 Å². The van der Waals surface area contributed by atoms with Crippen molar-refractivity contribution in [2.75, 3.05) is 46.8 Å². The van der Waals surface area contributed by atoms with Crippen molar-refractivity contribution in [3.8, 4) is 0 Å². The fourth-order valence-electron chi connectivity index (χ4n) is 4.17. The molecule has 0 aromatic heterocycles. The number of piperidine rings is 1. The Morgan fingerprint density at radius 2 is 1.82 bits per heavy atom. The van der Waals surface area contributed by atoms with Gasteiger partial charge in [-0.05, 0) is 32.6 Å². The Balaban J connectivity index is 0.00000392. The first-order valence-electron chi connectivity index (χ1n) is 10.1. The maximum absolute atomic E-state index is 12.7. The molecule has 0 aromatic rings. The van der Waals surface area contributed by atoms with E-state index in [2.05, 4.69) is 15.5 Å². The fourth-order valence-corrected chi connectivity index (χ4v) is 4.17. The number of carbonyl (C=O) groups excluding carboxylic acids is 2. The molecular formula is C19H37IN6O2. The molecule has 4 N–H and O–H groups in total. The van der Waals surface area contributed by atoms with E-state index in [0.717, 1.165) is 64.1 Å². The molecule has 1 saturated heterocycles. The number of carbonyl (C=O) groups is 2. The minimum absolute atomic E-state index is 0. The van der Waals surface area contributed by atoms with Crippen LogP contribution >= 0.6 is 24.0 Å². The quantitative estimate of drug-likeness (QED) is 0.268. The van der Waals surface area contributed by atoms with E-state index in [1.54, 1.807) is 4.90 Å². The number of guanidine groups is 1. The fraction of sp³-hybridized carbons (Fsp3) is 0.842. The Labute approximate surface area is 186 Å². The van der Waals surface area contributed by atoms with Gasteiger partial charge in [0.2, 0.25) is 11.8 Å². The lowest BCUT2D eigenvalue weighted by molar-refractivity contribution is -0.138. The van der Waals surface area contributed by atoms with Gasteiger partial charge in [0, 0.05) is 39.8 Å². The van der Waals surface area contributed by atoms with Crippen molar-refractivity contribution >= 4 is 41.8 Å². The highest BCUT2D eigenvalue weighted by Crippen LogP contribution is 2.39. The lowest BCUT2D eigenvalue weighted by atomic mass is 9.85. The minimum atomic E-state index is -0.350. The first-order chi connectivity index (χ1) is 12.9. The molecule has 1 aliphatic heterocycles. The van der Waals surface area contributed by atoms with Gasteiger partial charge in [0.1, 0.15) is 0 Å². The average molecular weight is 508 g/mol. The second-order valence-corrected chi connectivity index (χ2v) is 8.04. The van der Waals surface area contributed by atoms with Crippen molar-refractivity contribution in [1.29, 1.82) is 0 Å². The van der Waals surface area contributed by atoms with Crippen LogP contribution in [0.3, 0.4) is 0 Å². The number of hydrogen-bond acceptors (Lipinski definition) is 4. The number of rotatable bonds is 7. The number of hydrogen-bond donors (Lipinski definition) is 3. The van der Waals surface area contributed by atoms with Crippen LogP contribution in [0.4, 0.5) is 0 Å². The summed E-state index contributed by atoms with van der Waals surface area (Å²) in [5, 5.41) is 6.82. The summed E-state index contributed by atoms with van der Waals surface area (Å²) in [6.45, 7) is 5.38. The monoisotopic (exact) mass is 508 g/mol. The maximum atomic E-state index is 12.7. The summed E-state index contributed by atoms with van der Waals surface area (Å²) in [6, 6.07) is 0.316. The van der Waals surface area contributed by atoms with Crippen LogP contribution in [0.2, 0.25) is 0 Å². The van der Waals surface area contributed by atoms with Gasteiger partial charge in [0.15, 0.2) is 5.96 Å². The highest BCUT2D eigenvalue weighted by atomic mass is 127. The van der Waals surface area contributed by atoms with Crippen LogP contribution < -0.4 is 16.4 Å². The third kappa shape index (κ3) is 7.06. The van der Waals surface area contributed by atoms with Crippen molar-refractivity contribution < 1.29 is 9.59 Å². The van der Waals surface area contributed by atoms with Crippen molar-refractivity contribution in [2.45, 2.75) is 51.5 Å². The number of aliphatic imine (C=N–C) groups is 1. The number of nitrogens with one attached hydrogen (secondary N) is 2. The summed E-state index contributed by atoms with van der Waals surface area (Å²) < 4.78 is 0. The summed E-state index contributed by atoms with van der Waals surface area (Å²) in [7, 11) is 3.66. The van der Waals surface area contributed by atoms with E-state index in [1.807, 2.05) is 21.0 Å². The zero-order valence-electron chi connectivity index (χ0n) is 17.5. The largest absolute Gasteiger partial charge is 0.369 e. The van der Waals surface area contributed by atoms with Crippen LogP contribution in [0.5, 0.6) is 0 Å². The van der Waals surface area contributed by atoms with E-state index in [9.17, 15) is 9.59 Å². The number of nitrogens with two attached hydrogens (primary N) is 1. The van der Waals surface area contributed by atoms with Crippen LogP contribution in [-0.4, -0.2) is 80.4 Å². The Morgan fingerprint density at radius 3 is 2.32 bits per heavy atom. The van der Waals surface area contributed by atoms with Gasteiger partial charge in [-0.3, -0.25) is 19.5 Å². The molecule has 162 valence electrons. The van der Waals surface area contributed by atoms with Crippen LogP contribution in [0.1, 0.15) is 45.4 Å². The predicted molar refractivity (Wildman–Crippen MR) is 123 cm³/mol. The standard InChI is InChI=1S/C19H36N6O2.HI/c1-4-21-18(23-15-7-11-25(12-8-15)13-16(20)26)22-14-19(9-5-6-10-19)17(27)24(2)3;/h15H,4-14H2,1-3H3,(H2,20,26)(H2,21,22,23);1H. The SMILES string of the molecule is CCNC(=NCC1(C(=O)N(C)C)CCCC1)NC1CCN(CC(N)=O)CC1.I. The molecule has 0 aromatic carbocycles. The van der Waals surface area contributed by atoms with Crippen LogP contribution in [0.15, 0.2) is 4.99 Å². The molecule has 0 unspecified atom stereocenters.